The fraction of sp³-hybridized carbons (Fsp3) is 0.381. The predicted molar refractivity (Wildman–Crippen MR) is 94.3 cm³/mol. The molecule has 0 bridgehead atoms. The second kappa shape index (κ2) is 6.39. The Bertz CT molecular complexity index is 739. The quantitative estimate of drug-likeness (QED) is 0.805. The van der Waals surface area contributed by atoms with Crippen molar-refractivity contribution >= 4 is 5.91 Å². The van der Waals surface area contributed by atoms with Gasteiger partial charge in [0, 0.05) is 13.0 Å². The molecular weight excluding hydrogens is 301 g/mol. The molecule has 2 aromatic rings. The number of fused-ring (bicyclic) bond motifs is 1. The standard InChI is InChI=1S/C21H24FNO/c1-15-19-13-18(22)10-9-16(19)11-12-23(15)20(24)14-21(2,3)17-7-5-4-6-8-17/h4-10,13,15H,11-12,14H2,1-3H3. The molecular formula is C21H24FNO. The van der Waals surface area contributed by atoms with Crippen LogP contribution in [0.25, 0.3) is 0 Å². The summed E-state index contributed by atoms with van der Waals surface area (Å²) in [5.41, 5.74) is 3.03. The molecule has 0 spiro atoms. The zero-order chi connectivity index (χ0) is 17.3. The van der Waals surface area contributed by atoms with Crippen LogP contribution in [0.2, 0.25) is 0 Å². The first-order valence-corrected chi connectivity index (χ1v) is 8.52. The summed E-state index contributed by atoms with van der Waals surface area (Å²) in [7, 11) is 0. The second-order valence-electron chi connectivity index (χ2n) is 7.28. The van der Waals surface area contributed by atoms with Crippen molar-refractivity contribution in [3.8, 4) is 0 Å². The minimum Gasteiger partial charge on any atom is -0.336 e. The van der Waals surface area contributed by atoms with Gasteiger partial charge in [-0.15, -0.1) is 0 Å². The molecule has 3 heteroatoms. The lowest BCUT2D eigenvalue weighted by atomic mass is 9.80. The van der Waals surface area contributed by atoms with E-state index in [4.69, 9.17) is 0 Å². The smallest absolute Gasteiger partial charge is 0.223 e. The zero-order valence-corrected chi connectivity index (χ0v) is 14.6. The highest BCUT2D eigenvalue weighted by atomic mass is 19.1. The van der Waals surface area contributed by atoms with Crippen molar-refractivity contribution in [3.63, 3.8) is 0 Å². The Morgan fingerprint density at radius 3 is 2.62 bits per heavy atom. The highest BCUT2D eigenvalue weighted by molar-refractivity contribution is 5.78. The van der Waals surface area contributed by atoms with E-state index in [0.29, 0.717) is 13.0 Å². The minimum absolute atomic E-state index is 0.0801. The van der Waals surface area contributed by atoms with Crippen LogP contribution >= 0.6 is 0 Å². The molecule has 24 heavy (non-hydrogen) atoms. The van der Waals surface area contributed by atoms with Crippen molar-refractivity contribution in [1.29, 1.82) is 0 Å². The van der Waals surface area contributed by atoms with Crippen molar-refractivity contribution in [2.75, 3.05) is 6.54 Å². The van der Waals surface area contributed by atoms with Crippen LogP contribution in [-0.4, -0.2) is 17.4 Å². The summed E-state index contributed by atoms with van der Waals surface area (Å²) < 4.78 is 13.6. The number of nitrogens with zero attached hydrogens (tertiary/aromatic N) is 1. The molecule has 0 N–H and O–H groups in total. The molecule has 1 atom stereocenters. The van der Waals surface area contributed by atoms with Gasteiger partial charge in [-0.1, -0.05) is 50.2 Å². The number of carbonyl (C=O) groups is 1. The molecule has 1 amide bonds. The van der Waals surface area contributed by atoms with Gasteiger partial charge in [0.2, 0.25) is 5.91 Å². The molecule has 126 valence electrons. The lowest BCUT2D eigenvalue weighted by Gasteiger charge is -2.37. The molecule has 1 unspecified atom stereocenters. The average molecular weight is 325 g/mol. The molecule has 3 rings (SSSR count). The van der Waals surface area contributed by atoms with Gasteiger partial charge < -0.3 is 4.90 Å². The Labute approximate surface area is 143 Å². The zero-order valence-electron chi connectivity index (χ0n) is 14.6. The van der Waals surface area contributed by atoms with Crippen molar-refractivity contribution < 1.29 is 9.18 Å². The number of hydrogen-bond acceptors (Lipinski definition) is 1. The van der Waals surface area contributed by atoms with E-state index in [9.17, 15) is 9.18 Å². The second-order valence-corrected chi connectivity index (χ2v) is 7.28. The Kier molecular flexibility index (Phi) is 4.44. The SMILES string of the molecule is CC1c2cc(F)ccc2CCN1C(=O)CC(C)(C)c1ccccc1. The third-order valence-corrected chi connectivity index (χ3v) is 5.12. The van der Waals surface area contributed by atoms with Crippen LogP contribution in [0.4, 0.5) is 4.39 Å². The number of halogens is 1. The van der Waals surface area contributed by atoms with E-state index in [0.717, 1.165) is 23.1 Å². The van der Waals surface area contributed by atoms with Crippen LogP contribution in [0.5, 0.6) is 0 Å². The molecule has 0 aliphatic carbocycles. The summed E-state index contributed by atoms with van der Waals surface area (Å²) in [6.45, 7) is 6.89. The van der Waals surface area contributed by atoms with Gasteiger partial charge in [0.05, 0.1) is 6.04 Å². The lowest BCUT2D eigenvalue weighted by molar-refractivity contribution is -0.134. The van der Waals surface area contributed by atoms with E-state index < -0.39 is 0 Å². The maximum atomic E-state index is 13.6. The Balaban J connectivity index is 1.79. The summed E-state index contributed by atoms with van der Waals surface area (Å²) in [4.78, 5) is 14.8. The molecule has 0 radical (unpaired) electrons. The largest absolute Gasteiger partial charge is 0.336 e. The highest BCUT2D eigenvalue weighted by Gasteiger charge is 2.32. The monoisotopic (exact) mass is 325 g/mol. The van der Waals surface area contributed by atoms with Gasteiger partial charge in [-0.2, -0.15) is 0 Å². The fourth-order valence-corrected chi connectivity index (χ4v) is 3.60. The molecule has 1 heterocycles. The highest BCUT2D eigenvalue weighted by Crippen LogP contribution is 2.33. The van der Waals surface area contributed by atoms with Gasteiger partial charge >= 0.3 is 0 Å². The molecule has 0 saturated carbocycles. The van der Waals surface area contributed by atoms with Crippen molar-refractivity contribution in [3.05, 3.63) is 71.0 Å². The first-order valence-electron chi connectivity index (χ1n) is 8.52. The summed E-state index contributed by atoms with van der Waals surface area (Å²) in [5.74, 6) is -0.106. The third kappa shape index (κ3) is 3.21. The minimum atomic E-state index is -0.237. The van der Waals surface area contributed by atoms with E-state index in [-0.39, 0.29) is 23.2 Å². The number of amides is 1. The van der Waals surface area contributed by atoms with E-state index in [1.165, 1.54) is 6.07 Å². The van der Waals surface area contributed by atoms with Crippen LogP contribution in [0.15, 0.2) is 48.5 Å². The van der Waals surface area contributed by atoms with Gasteiger partial charge in [-0.3, -0.25) is 4.79 Å². The molecule has 1 aliphatic rings. The summed E-state index contributed by atoms with van der Waals surface area (Å²) in [6.07, 6.45) is 1.24. The number of carbonyl (C=O) groups excluding carboxylic acids is 1. The number of hydrogen-bond donors (Lipinski definition) is 0. The molecule has 1 aliphatic heterocycles. The van der Waals surface area contributed by atoms with Crippen LogP contribution < -0.4 is 0 Å². The summed E-state index contributed by atoms with van der Waals surface area (Å²) in [6, 6.07) is 15.0. The molecule has 2 aromatic carbocycles. The Morgan fingerprint density at radius 2 is 1.92 bits per heavy atom. The first kappa shape index (κ1) is 16.7. The molecule has 0 saturated heterocycles. The molecule has 2 nitrogen and oxygen atoms in total. The number of rotatable bonds is 3. The lowest BCUT2D eigenvalue weighted by Crippen LogP contribution is -2.41. The normalized spacial score (nSPS) is 17.5. The van der Waals surface area contributed by atoms with Crippen molar-refractivity contribution in [1.82, 2.24) is 4.90 Å². The van der Waals surface area contributed by atoms with E-state index in [1.807, 2.05) is 36.1 Å². The van der Waals surface area contributed by atoms with Crippen LogP contribution in [-0.2, 0) is 16.6 Å². The third-order valence-electron chi connectivity index (χ3n) is 5.12. The van der Waals surface area contributed by atoms with Gasteiger partial charge in [-0.05, 0) is 47.6 Å². The Morgan fingerprint density at radius 1 is 1.21 bits per heavy atom. The van der Waals surface area contributed by atoms with Gasteiger partial charge in [0.25, 0.3) is 0 Å². The number of benzene rings is 2. The van der Waals surface area contributed by atoms with E-state index in [1.54, 1.807) is 6.07 Å². The fourth-order valence-electron chi connectivity index (χ4n) is 3.60. The molecule has 0 aromatic heterocycles. The summed E-state index contributed by atoms with van der Waals surface area (Å²) >= 11 is 0. The average Bonchev–Trinajstić information content (AvgIpc) is 2.56. The van der Waals surface area contributed by atoms with Crippen LogP contribution in [0.1, 0.15) is 49.9 Å². The van der Waals surface area contributed by atoms with E-state index in [2.05, 4.69) is 26.0 Å². The topological polar surface area (TPSA) is 20.3 Å². The summed E-state index contributed by atoms with van der Waals surface area (Å²) in [5, 5.41) is 0. The maximum Gasteiger partial charge on any atom is 0.223 e. The molecule has 0 fully saturated rings. The van der Waals surface area contributed by atoms with Crippen molar-refractivity contribution in [2.24, 2.45) is 0 Å². The predicted octanol–water partition coefficient (Wildman–Crippen LogP) is 4.64. The Hall–Kier alpha value is -2.16. The van der Waals surface area contributed by atoms with Gasteiger partial charge in [-0.25, -0.2) is 4.39 Å². The van der Waals surface area contributed by atoms with Crippen LogP contribution in [0.3, 0.4) is 0 Å². The van der Waals surface area contributed by atoms with Gasteiger partial charge in [0.15, 0.2) is 0 Å². The van der Waals surface area contributed by atoms with Crippen LogP contribution in [0, 0.1) is 5.82 Å². The first-order chi connectivity index (χ1) is 11.4. The van der Waals surface area contributed by atoms with E-state index >= 15 is 0 Å². The maximum absolute atomic E-state index is 13.6. The van der Waals surface area contributed by atoms with Gasteiger partial charge in [0.1, 0.15) is 5.82 Å². The van der Waals surface area contributed by atoms with Crippen molar-refractivity contribution in [2.45, 2.75) is 45.1 Å².